The predicted octanol–water partition coefficient (Wildman–Crippen LogP) is 2.97. The number of hydrogen-bond donors (Lipinski definition) is 1. The summed E-state index contributed by atoms with van der Waals surface area (Å²) in [4.78, 5) is 12.0. The zero-order valence-electron chi connectivity index (χ0n) is 10.8. The van der Waals surface area contributed by atoms with E-state index in [2.05, 4.69) is 5.32 Å². The zero-order chi connectivity index (χ0) is 13.8. The molecule has 1 fully saturated rings. The molecule has 0 radical (unpaired) electrons. The van der Waals surface area contributed by atoms with Gasteiger partial charge in [-0.1, -0.05) is 6.42 Å². The number of nitrogens with one attached hydrogen (secondary N) is 1. The minimum atomic E-state index is -0.476. The fraction of sp³-hybridized carbons (Fsp3) is 0.500. The number of halogens is 2. The Hall–Kier alpha value is -1.29. The molecule has 1 aromatic carbocycles. The van der Waals surface area contributed by atoms with Crippen molar-refractivity contribution in [2.75, 3.05) is 13.7 Å². The van der Waals surface area contributed by atoms with E-state index in [9.17, 15) is 9.18 Å². The molecule has 2 unspecified atom stereocenters. The molecule has 2 atom stereocenters. The molecule has 1 saturated carbocycles. The molecular weight excluding hydrogens is 269 g/mol. The Bertz CT molecular complexity index is 467. The molecule has 0 spiro atoms. The number of hydrogen-bond acceptors (Lipinski definition) is 2. The number of ether oxygens (including phenoxy) is 1. The van der Waals surface area contributed by atoms with Crippen molar-refractivity contribution in [3.63, 3.8) is 0 Å². The van der Waals surface area contributed by atoms with Gasteiger partial charge < -0.3 is 10.1 Å². The van der Waals surface area contributed by atoms with Gasteiger partial charge >= 0.3 is 0 Å². The molecule has 2 rings (SSSR count). The Kier molecular flexibility index (Phi) is 4.64. The van der Waals surface area contributed by atoms with E-state index in [1.807, 2.05) is 0 Å². The van der Waals surface area contributed by atoms with Gasteiger partial charge in [0.1, 0.15) is 0 Å². The monoisotopic (exact) mass is 285 g/mol. The van der Waals surface area contributed by atoms with E-state index in [4.69, 9.17) is 16.3 Å². The molecule has 1 aliphatic rings. The van der Waals surface area contributed by atoms with Crippen molar-refractivity contribution in [3.05, 3.63) is 29.6 Å². The Morgan fingerprint density at radius 1 is 1.53 bits per heavy atom. The fourth-order valence-corrected chi connectivity index (χ4v) is 2.72. The van der Waals surface area contributed by atoms with Gasteiger partial charge in [-0.3, -0.25) is 4.79 Å². The van der Waals surface area contributed by atoms with E-state index >= 15 is 0 Å². The van der Waals surface area contributed by atoms with Crippen molar-refractivity contribution in [2.45, 2.75) is 24.6 Å². The maximum atomic E-state index is 13.2. The molecule has 19 heavy (non-hydrogen) atoms. The minimum absolute atomic E-state index is 0.0729. The SMILES string of the molecule is COc1cc(C(=O)NCC2CCCC2Cl)ccc1F. The average molecular weight is 286 g/mol. The number of alkyl halides is 1. The lowest BCUT2D eigenvalue weighted by molar-refractivity contribution is 0.0947. The first-order valence-electron chi connectivity index (χ1n) is 6.37. The van der Waals surface area contributed by atoms with E-state index in [0.717, 1.165) is 19.3 Å². The normalized spacial score (nSPS) is 22.3. The van der Waals surface area contributed by atoms with E-state index in [-0.39, 0.29) is 17.0 Å². The largest absolute Gasteiger partial charge is 0.494 e. The number of methoxy groups -OCH3 is 1. The van der Waals surface area contributed by atoms with E-state index < -0.39 is 5.82 Å². The Morgan fingerprint density at radius 2 is 2.32 bits per heavy atom. The quantitative estimate of drug-likeness (QED) is 0.864. The highest BCUT2D eigenvalue weighted by atomic mass is 35.5. The van der Waals surface area contributed by atoms with Crippen LogP contribution in [-0.2, 0) is 0 Å². The van der Waals surface area contributed by atoms with Crippen molar-refractivity contribution in [2.24, 2.45) is 5.92 Å². The molecule has 1 aromatic rings. The van der Waals surface area contributed by atoms with Crippen LogP contribution in [0.4, 0.5) is 4.39 Å². The van der Waals surface area contributed by atoms with Crippen molar-refractivity contribution in [3.8, 4) is 5.75 Å². The van der Waals surface area contributed by atoms with Crippen LogP contribution in [0.2, 0.25) is 0 Å². The standard InChI is InChI=1S/C14H17ClFNO2/c1-19-13-7-9(5-6-12(13)16)14(18)17-8-10-3-2-4-11(10)15/h5-7,10-11H,2-4,8H2,1H3,(H,17,18). The molecule has 5 heteroatoms. The van der Waals surface area contributed by atoms with Crippen LogP contribution in [0.25, 0.3) is 0 Å². The number of rotatable bonds is 4. The molecule has 0 heterocycles. The highest BCUT2D eigenvalue weighted by Crippen LogP contribution is 2.29. The van der Waals surface area contributed by atoms with Crippen molar-refractivity contribution in [1.82, 2.24) is 5.32 Å². The Labute approximate surface area is 117 Å². The molecule has 0 saturated heterocycles. The van der Waals surface area contributed by atoms with Crippen molar-refractivity contribution < 1.29 is 13.9 Å². The number of amides is 1. The molecule has 0 aliphatic heterocycles. The molecule has 1 aliphatic carbocycles. The summed E-state index contributed by atoms with van der Waals surface area (Å²) in [6.45, 7) is 0.562. The highest BCUT2D eigenvalue weighted by Gasteiger charge is 2.25. The van der Waals surface area contributed by atoms with Gasteiger partial charge in [0.25, 0.3) is 5.91 Å². The minimum Gasteiger partial charge on any atom is -0.494 e. The van der Waals surface area contributed by atoms with Crippen LogP contribution in [-0.4, -0.2) is 24.9 Å². The van der Waals surface area contributed by atoms with Gasteiger partial charge in [-0.25, -0.2) is 4.39 Å². The van der Waals surface area contributed by atoms with Crippen LogP contribution in [0.5, 0.6) is 5.75 Å². The second kappa shape index (κ2) is 6.24. The maximum Gasteiger partial charge on any atom is 0.251 e. The second-order valence-corrected chi connectivity index (χ2v) is 5.33. The maximum absolute atomic E-state index is 13.2. The topological polar surface area (TPSA) is 38.3 Å². The summed E-state index contributed by atoms with van der Waals surface area (Å²) in [5.41, 5.74) is 0.391. The lowest BCUT2D eigenvalue weighted by Crippen LogP contribution is -2.31. The lowest BCUT2D eigenvalue weighted by atomic mass is 10.1. The molecule has 104 valence electrons. The number of carbonyl (C=O) groups excluding carboxylic acids is 1. The van der Waals surface area contributed by atoms with Gasteiger partial charge in [-0.2, -0.15) is 0 Å². The van der Waals surface area contributed by atoms with Gasteiger partial charge in [0.15, 0.2) is 11.6 Å². The lowest BCUT2D eigenvalue weighted by Gasteiger charge is -2.14. The molecule has 3 nitrogen and oxygen atoms in total. The van der Waals surface area contributed by atoms with Crippen LogP contribution in [0, 0.1) is 11.7 Å². The van der Waals surface area contributed by atoms with Gasteiger partial charge in [-0.05, 0) is 37.0 Å². The third-order valence-corrected chi connectivity index (χ3v) is 4.08. The van der Waals surface area contributed by atoms with Crippen molar-refractivity contribution >= 4 is 17.5 Å². The molecule has 1 amide bonds. The summed E-state index contributed by atoms with van der Waals surface area (Å²) in [5, 5.41) is 2.98. The number of benzene rings is 1. The molecule has 0 aromatic heterocycles. The van der Waals surface area contributed by atoms with Gasteiger partial charge in [-0.15, -0.1) is 11.6 Å². The summed E-state index contributed by atoms with van der Waals surface area (Å²) in [6, 6.07) is 4.07. The van der Waals surface area contributed by atoms with Crippen molar-refractivity contribution in [1.29, 1.82) is 0 Å². The van der Waals surface area contributed by atoms with Crippen LogP contribution < -0.4 is 10.1 Å². The smallest absolute Gasteiger partial charge is 0.251 e. The molecule has 0 bridgehead atoms. The van der Waals surface area contributed by atoms with Crippen LogP contribution in [0.15, 0.2) is 18.2 Å². The summed E-state index contributed by atoms with van der Waals surface area (Å²) in [7, 11) is 1.37. The summed E-state index contributed by atoms with van der Waals surface area (Å²) < 4.78 is 18.1. The highest BCUT2D eigenvalue weighted by molar-refractivity contribution is 6.21. The summed E-state index contributed by atoms with van der Waals surface area (Å²) in [6.07, 6.45) is 3.16. The van der Waals surface area contributed by atoms with E-state index in [1.165, 1.54) is 25.3 Å². The molecule has 1 N–H and O–H groups in total. The second-order valence-electron chi connectivity index (χ2n) is 4.77. The van der Waals surface area contributed by atoms with E-state index in [1.54, 1.807) is 0 Å². The first kappa shape index (κ1) is 14.1. The third kappa shape index (κ3) is 3.38. The van der Waals surface area contributed by atoms with Crippen LogP contribution in [0.3, 0.4) is 0 Å². The molecular formula is C14H17ClFNO2. The van der Waals surface area contributed by atoms with Crippen LogP contribution >= 0.6 is 11.6 Å². The Morgan fingerprint density at radius 3 is 2.95 bits per heavy atom. The van der Waals surface area contributed by atoms with Gasteiger partial charge in [0.2, 0.25) is 0 Å². The summed E-state index contributed by atoms with van der Waals surface area (Å²) in [5.74, 6) is -0.304. The average Bonchev–Trinajstić information content (AvgIpc) is 2.82. The van der Waals surface area contributed by atoms with Gasteiger partial charge in [0, 0.05) is 17.5 Å². The fourth-order valence-electron chi connectivity index (χ4n) is 2.35. The zero-order valence-corrected chi connectivity index (χ0v) is 11.5. The van der Waals surface area contributed by atoms with Gasteiger partial charge in [0.05, 0.1) is 7.11 Å². The first-order valence-corrected chi connectivity index (χ1v) is 6.81. The third-order valence-electron chi connectivity index (χ3n) is 3.50. The van der Waals surface area contributed by atoms with Crippen LogP contribution in [0.1, 0.15) is 29.6 Å². The number of carbonyl (C=O) groups is 1. The van der Waals surface area contributed by atoms with E-state index in [0.29, 0.717) is 18.0 Å². The summed E-state index contributed by atoms with van der Waals surface area (Å²) >= 11 is 6.16. The first-order chi connectivity index (χ1) is 9.11. The Balaban J connectivity index is 1.96. The predicted molar refractivity (Wildman–Crippen MR) is 72.3 cm³/mol.